The maximum absolute atomic E-state index is 12.6. The molecule has 2 rings (SSSR count). The zero-order chi connectivity index (χ0) is 8.39. The summed E-state index contributed by atoms with van der Waals surface area (Å²) in [6, 6.07) is 4.37. The van der Waals surface area contributed by atoms with E-state index in [1.807, 2.05) is 0 Å². The number of hydrogen-bond donors (Lipinski definition) is 0. The number of pyridine rings is 1. The first kappa shape index (κ1) is 6.90. The van der Waals surface area contributed by atoms with Gasteiger partial charge in [0.05, 0.1) is 0 Å². The third kappa shape index (κ3) is 1.16. The lowest BCUT2D eigenvalue weighted by molar-refractivity contribution is 0.555. The van der Waals surface area contributed by atoms with Gasteiger partial charge in [-0.25, -0.2) is 4.98 Å². The summed E-state index contributed by atoms with van der Waals surface area (Å²) >= 11 is 0. The Labute approximate surface area is 67.1 Å². The summed E-state index contributed by atoms with van der Waals surface area (Å²) in [4.78, 5) is 3.55. The van der Waals surface area contributed by atoms with Crippen LogP contribution in [0.15, 0.2) is 29.0 Å². The van der Waals surface area contributed by atoms with Crippen molar-refractivity contribution in [1.29, 1.82) is 0 Å². The molecule has 2 aromatic rings. The molecule has 0 saturated carbocycles. The lowest BCUT2D eigenvalue weighted by Gasteiger charge is -1.91. The van der Waals surface area contributed by atoms with E-state index in [0.717, 1.165) is 0 Å². The van der Waals surface area contributed by atoms with E-state index in [1.54, 1.807) is 6.07 Å². The number of rotatable bonds is 1. The highest BCUT2D eigenvalue weighted by molar-refractivity contribution is 5.44. The Balaban J connectivity index is 2.48. The molecule has 12 heavy (non-hydrogen) atoms. The van der Waals surface area contributed by atoms with Crippen molar-refractivity contribution in [1.82, 2.24) is 15.2 Å². The van der Waals surface area contributed by atoms with E-state index < -0.39 is 5.95 Å². The van der Waals surface area contributed by atoms with Gasteiger partial charge in [0, 0.05) is 0 Å². The lowest BCUT2D eigenvalue weighted by Crippen LogP contribution is -1.86. The van der Waals surface area contributed by atoms with E-state index in [9.17, 15) is 4.39 Å². The summed E-state index contributed by atoms with van der Waals surface area (Å²) in [6.07, 6.45) is 1.17. The molecular weight excluding hydrogens is 161 g/mol. The molecule has 0 atom stereocenters. The van der Waals surface area contributed by atoms with Crippen LogP contribution in [0.5, 0.6) is 0 Å². The fourth-order valence-electron chi connectivity index (χ4n) is 0.812. The average Bonchev–Trinajstić information content (AvgIpc) is 2.56. The molecule has 0 amide bonds. The Hall–Kier alpha value is -1.78. The minimum absolute atomic E-state index is 0.217. The Kier molecular flexibility index (Phi) is 1.55. The van der Waals surface area contributed by atoms with E-state index in [-0.39, 0.29) is 5.89 Å². The summed E-state index contributed by atoms with van der Waals surface area (Å²) < 4.78 is 17.4. The Morgan fingerprint density at radius 1 is 1.33 bits per heavy atom. The number of halogens is 1. The molecule has 0 N–H and O–H groups in total. The molecular formula is C7H4FN3O. The molecule has 5 heteroatoms. The van der Waals surface area contributed by atoms with Crippen LogP contribution in [0.2, 0.25) is 0 Å². The normalized spacial score (nSPS) is 10.1. The van der Waals surface area contributed by atoms with Crippen molar-refractivity contribution >= 4 is 0 Å². The molecule has 0 saturated heterocycles. The summed E-state index contributed by atoms with van der Waals surface area (Å²) in [7, 11) is 0. The van der Waals surface area contributed by atoms with Crippen LogP contribution in [-0.4, -0.2) is 15.2 Å². The highest BCUT2D eigenvalue weighted by atomic mass is 19.1. The summed E-state index contributed by atoms with van der Waals surface area (Å²) in [6.45, 7) is 0. The quantitative estimate of drug-likeness (QED) is 0.597. The fourth-order valence-corrected chi connectivity index (χ4v) is 0.812. The van der Waals surface area contributed by atoms with Gasteiger partial charge in [-0.2, -0.15) is 4.39 Å². The van der Waals surface area contributed by atoms with Crippen molar-refractivity contribution in [3.05, 3.63) is 30.5 Å². The third-order valence-electron chi connectivity index (χ3n) is 1.29. The summed E-state index contributed by atoms with van der Waals surface area (Å²) in [5.74, 6) is -0.347. The monoisotopic (exact) mass is 165 g/mol. The van der Waals surface area contributed by atoms with Crippen molar-refractivity contribution in [2.24, 2.45) is 0 Å². The van der Waals surface area contributed by atoms with Crippen LogP contribution in [0.3, 0.4) is 0 Å². The molecule has 4 nitrogen and oxygen atoms in total. The molecule has 60 valence electrons. The third-order valence-corrected chi connectivity index (χ3v) is 1.29. The Morgan fingerprint density at radius 3 is 2.92 bits per heavy atom. The highest BCUT2D eigenvalue weighted by Gasteiger charge is 2.04. The molecule has 0 aliphatic heterocycles. The molecule has 2 aromatic heterocycles. The van der Waals surface area contributed by atoms with E-state index in [0.29, 0.717) is 5.69 Å². The van der Waals surface area contributed by atoms with Crippen LogP contribution in [0.1, 0.15) is 0 Å². The van der Waals surface area contributed by atoms with Gasteiger partial charge in [-0.1, -0.05) is 6.07 Å². The van der Waals surface area contributed by atoms with E-state index in [1.165, 1.54) is 18.5 Å². The average molecular weight is 165 g/mol. The van der Waals surface area contributed by atoms with E-state index in [4.69, 9.17) is 4.42 Å². The molecule has 0 unspecified atom stereocenters. The second kappa shape index (κ2) is 2.69. The van der Waals surface area contributed by atoms with Gasteiger partial charge in [-0.3, -0.25) is 0 Å². The molecule has 0 bridgehead atoms. The standard InChI is InChI=1S/C7H4FN3O/c8-6-3-1-2-5(10-6)7-11-9-4-12-7/h1-4H. The first-order chi connectivity index (χ1) is 5.86. The van der Waals surface area contributed by atoms with E-state index in [2.05, 4.69) is 15.2 Å². The number of hydrogen-bond acceptors (Lipinski definition) is 4. The number of nitrogens with zero attached hydrogens (tertiary/aromatic N) is 3. The number of aromatic nitrogens is 3. The van der Waals surface area contributed by atoms with Gasteiger partial charge in [0.15, 0.2) is 0 Å². The van der Waals surface area contributed by atoms with Crippen LogP contribution < -0.4 is 0 Å². The second-order valence-electron chi connectivity index (χ2n) is 2.09. The van der Waals surface area contributed by atoms with Crippen molar-refractivity contribution in [3.8, 4) is 11.6 Å². The van der Waals surface area contributed by atoms with Gasteiger partial charge in [0.1, 0.15) is 5.69 Å². The molecule has 0 aliphatic rings. The van der Waals surface area contributed by atoms with Crippen molar-refractivity contribution in [3.63, 3.8) is 0 Å². The smallest absolute Gasteiger partial charge is 0.266 e. The lowest BCUT2D eigenvalue weighted by atomic mass is 10.3. The minimum Gasteiger partial charge on any atom is -0.422 e. The zero-order valence-electron chi connectivity index (χ0n) is 5.94. The SMILES string of the molecule is Fc1cccc(-c2nnco2)n1. The van der Waals surface area contributed by atoms with Crippen LogP contribution in [0.25, 0.3) is 11.6 Å². The van der Waals surface area contributed by atoms with Crippen LogP contribution in [-0.2, 0) is 0 Å². The van der Waals surface area contributed by atoms with Crippen molar-refractivity contribution < 1.29 is 8.81 Å². The predicted molar refractivity (Wildman–Crippen MR) is 37.5 cm³/mol. The van der Waals surface area contributed by atoms with E-state index >= 15 is 0 Å². The topological polar surface area (TPSA) is 51.8 Å². The largest absolute Gasteiger partial charge is 0.422 e. The molecule has 0 fully saturated rings. The Morgan fingerprint density at radius 2 is 2.25 bits per heavy atom. The zero-order valence-corrected chi connectivity index (χ0v) is 5.94. The highest BCUT2D eigenvalue weighted by Crippen LogP contribution is 2.12. The van der Waals surface area contributed by atoms with Crippen molar-refractivity contribution in [2.75, 3.05) is 0 Å². The molecule has 0 aliphatic carbocycles. The first-order valence-corrected chi connectivity index (χ1v) is 3.25. The fraction of sp³-hybridized carbons (Fsp3) is 0. The van der Waals surface area contributed by atoms with Crippen molar-refractivity contribution in [2.45, 2.75) is 0 Å². The Bertz CT molecular complexity index is 374. The van der Waals surface area contributed by atoms with Gasteiger partial charge in [0.2, 0.25) is 12.3 Å². The minimum atomic E-state index is -0.564. The maximum Gasteiger partial charge on any atom is 0.266 e. The second-order valence-corrected chi connectivity index (χ2v) is 2.09. The summed E-state index contributed by atoms with van der Waals surface area (Å²) in [5, 5.41) is 7.03. The van der Waals surface area contributed by atoms with Crippen LogP contribution >= 0.6 is 0 Å². The molecule has 0 spiro atoms. The van der Waals surface area contributed by atoms with Gasteiger partial charge >= 0.3 is 0 Å². The van der Waals surface area contributed by atoms with Gasteiger partial charge in [0.25, 0.3) is 5.89 Å². The van der Waals surface area contributed by atoms with Gasteiger partial charge in [-0.05, 0) is 12.1 Å². The maximum atomic E-state index is 12.6. The van der Waals surface area contributed by atoms with Crippen LogP contribution in [0.4, 0.5) is 4.39 Å². The van der Waals surface area contributed by atoms with Gasteiger partial charge in [-0.15, -0.1) is 10.2 Å². The summed E-state index contributed by atoms with van der Waals surface area (Å²) in [5.41, 5.74) is 0.340. The molecule has 0 radical (unpaired) electrons. The molecule has 0 aromatic carbocycles. The predicted octanol–water partition coefficient (Wildman–Crippen LogP) is 1.27. The first-order valence-electron chi connectivity index (χ1n) is 3.25. The van der Waals surface area contributed by atoms with Gasteiger partial charge < -0.3 is 4.42 Å². The molecule has 2 heterocycles. The van der Waals surface area contributed by atoms with Crippen LogP contribution in [0, 0.1) is 5.95 Å².